The Morgan fingerprint density at radius 3 is 2.90 bits per heavy atom. The van der Waals surface area contributed by atoms with Gasteiger partial charge in [0, 0.05) is 25.4 Å². The van der Waals surface area contributed by atoms with E-state index in [4.69, 9.17) is 0 Å². The number of hydrogen-bond donors (Lipinski definition) is 1. The van der Waals surface area contributed by atoms with Crippen molar-refractivity contribution >= 4 is 11.5 Å². The summed E-state index contributed by atoms with van der Waals surface area (Å²) in [5.74, 6) is 1.13. The Hall–Kier alpha value is -1.27. The SMILES string of the molecule is CCCn1ccnc1CC(NCC)c1snnc1CC. The zero-order valence-electron chi connectivity index (χ0n) is 12.5. The van der Waals surface area contributed by atoms with E-state index < -0.39 is 0 Å². The predicted octanol–water partition coefficient (Wildman–Crippen LogP) is 2.60. The second-order valence-electron chi connectivity index (χ2n) is 4.79. The van der Waals surface area contributed by atoms with Crippen LogP contribution >= 0.6 is 11.5 Å². The van der Waals surface area contributed by atoms with Crippen molar-refractivity contribution in [3.8, 4) is 0 Å². The van der Waals surface area contributed by atoms with Crippen molar-refractivity contribution in [3.63, 3.8) is 0 Å². The van der Waals surface area contributed by atoms with E-state index in [0.717, 1.165) is 43.9 Å². The fourth-order valence-electron chi connectivity index (χ4n) is 2.39. The third-order valence-corrected chi connectivity index (χ3v) is 4.22. The molecule has 1 atom stereocenters. The van der Waals surface area contributed by atoms with Crippen LogP contribution in [0.25, 0.3) is 0 Å². The van der Waals surface area contributed by atoms with Crippen molar-refractivity contribution in [1.82, 2.24) is 24.5 Å². The van der Waals surface area contributed by atoms with E-state index in [2.05, 4.69) is 51.4 Å². The molecule has 0 saturated carbocycles. The van der Waals surface area contributed by atoms with E-state index >= 15 is 0 Å². The van der Waals surface area contributed by atoms with Gasteiger partial charge in [-0.3, -0.25) is 0 Å². The third-order valence-electron chi connectivity index (χ3n) is 3.34. The lowest BCUT2D eigenvalue weighted by Crippen LogP contribution is -2.24. The fraction of sp³-hybridized carbons (Fsp3) is 0.643. The summed E-state index contributed by atoms with van der Waals surface area (Å²) in [5.41, 5.74) is 1.11. The lowest BCUT2D eigenvalue weighted by Gasteiger charge is -2.17. The molecule has 0 bridgehead atoms. The first-order chi connectivity index (χ1) is 9.80. The van der Waals surface area contributed by atoms with Crippen molar-refractivity contribution in [2.24, 2.45) is 0 Å². The minimum absolute atomic E-state index is 0.257. The molecule has 110 valence electrons. The molecule has 2 rings (SSSR count). The molecule has 0 aliphatic carbocycles. The highest BCUT2D eigenvalue weighted by Crippen LogP contribution is 2.24. The molecule has 0 spiro atoms. The molecule has 0 aliphatic heterocycles. The van der Waals surface area contributed by atoms with Crippen molar-refractivity contribution in [3.05, 3.63) is 28.8 Å². The molecule has 0 radical (unpaired) electrons. The smallest absolute Gasteiger partial charge is 0.110 e. The van der Waals surface area contributed by atoms with Gasteiger partial charge >= 0.3 is 0 Å². The Kier molecular flexibility index (Phi) is 5.67. The van der Waals surface area contributed by atoms with Gasteiger partial charge in [0.05, 0.1) is 16.6 Å². The quantitative estimate of drug-likeness (QED) is 0.813. The molecular weight excluding hydrogens is 270 g/mol. The van der Waals surface area contributed by atoms with Crippen LogP contribution in [0.4, 0.5) is 0 Å². The molecule has 0 amide bonds. The zero-order valence-corrected chi connectivity index (χ0v) is 13.3. The summed E-state index contributed by atoms with van der Waals surface area (Å²) in [6, 6.07) is 0.257. The normalized spacial score (nSPS) is 12.8. The van der Waals surface area contributed by atoms with Crippen LogP contribution in [0, 0.1) is 0 Å². The van der Waals surface area contributed by atoms with Crippen LogP contribution < -0.4 is 5.32 Å². The molecule has 0 fully saturated rings. The largest absolute Gasteiger partial charge is 0.335 e. The molecule has 2 aromatic heterocycles. The Bertz CT molecular complexity index is 519. The highest BCUT2D eigenvalue weighted by atomic mass is 32.1. The van der Waals surface area contributed by atoms with Gasteiger partial charge in [-0.15, -0.1) is 5.10 Å². The number of aromatic nitrogens is 4. The topological polar surface area (TPSA) is 55.6 Å². The first-order valence-electron chi connectivity index (χ1n) is 7.34. The average Bonchev–Trinajstić information content (AvgIpc) is 3.08. The lowest BCUT2D eigenvalue weighted by molar-refractivity contribution is 0.519. The number of likely N-dealkylation sites (N-methyl/N-ethyl adjacent to an activating group) is 1. The molecule has 0 aromatic carbocycles. The van der Waals surface area contributed by atoms with Crippen LogP contribution in [0.2, 0.25) is 0 Å². The molecular formula is C14H23N5S. The summed E-state index contributed by atoms with van der Waals surface area (Å²) in [5, 5.41) is 7.77. The van der Waals surface area contributed by atoms with Crippen LogP contribution in [0.1, 0.15) is 49.6 Å². The summed E-state index contributed by atoms with van der Waals surface area (Å²) in [6.07, 6.45) is 6.89. The monoisotopic (exact) mass is 293 g/mol. The summed E-state index contributed by atoms with van der Waals surface area (Å²) in [4.78, 5) is 5.76. The van der Waals surface area contributed by atoms with Crippen LogP contribution in [-0.4, -0.2) is 25.7 Å². The molecule has 6 heteroatoms. The summed E-state index contributed by atoms with van der Waals surface area (Å²) in [6.45, 7) is 8.40. The number of hydrogen-bond acceptors (Lipinski definition) is 5. The van der Waals surface area contributed by atoms with Gasteiger partial charge in [-0.05, 0) is 30.9 Å². The predicted molar refractivity (Wildman–Crippen MR) is 81.9 cm³/mol. The highest BCUT2D eigenvalue weighted by molar-refractivity contribution is 7.05. The van der Waals surface area contributed by atoms with E-state index in [1.54, 1.807) is 0 Å². The van der Waals surface area contributed by atoms with Crippen LogP contribution in [-0.2, 0) is 19.4 Å². The Balaban J connectivity index is 2.19. The molecule has 1 N–H and O–H groups in total. The molecule has 2 heterocycles. The number of aryl methyl sites for hydroxylation is 2. The van der Waals surface area contributed by atoms with Gasteiger partial charge in [-0.25, -0.2) is 4.98 Å². The van der Waals surface area contributed by atoms with Gasteiger partial charge in [-0.1, -0.05) is 25.3 Å². The first kappa shape index (κ1) is 15.1. The second-order valence-corrected chi connectivity index (χ2v) is 5.57. The average molecular weight is 293 g/mol. The van der Waals surface area contributed by atoms with Crippen LogP contribution in [0.3, 0.4) is 0 Å². The van der Waals surface area contributed by atoms with Gasteiger partial charge in [0.2, 0.25) is 0 Å². The van der Waals surface area contributed by atoms with E-state index in [1.807, 2.05) is 6.20 Å². The van der Waals surface area contributed by atoms with E-state index in [1.165, 1.54) is 16.4 Å². The first-order valence-corrected chi connectivity index (χ1v) is 8.11. The molecule has 5 nitrogen and oxygen atoms in total. The molecule has 20 heavy (non-hydrogen) atoms. The highest BCUT2D eigenvalue weighted by Gasteiger charge is 2.20. The molecule has 0 aliphatic rings. The minimum Gasteiger partial charge on any atom is -0.335 e. The molecule has 1 unspecified atom stereocenters. The van der Waals surface area contributed by atoms with Crippen molar-refractivity contribution in [1.29, 1.82) is 0 Å². The number of nitrogens with one attached hydrogen (secondary N) is 1. The molecule has 0 saturated heterocycles. The van der Waals surface area contributed by atoms with Gasteiger partial charge < -0.3 is 9.88 Å². The van der Waals surface area contributed by atoms with Crippen LogP contribution in [0.15, 0.2) is 12.4 Å². The molecule has 2 aromatic rings. The van der Waals surface area contributed by atoms with Crippen molar-refractivity contribution in [2.75, 3.05) is 6.54 Å². The van der Waals surface area contributed by atoms with Crippen molar-refractivity contribution < 1.29 is 0 Å². The van der Waals surface area contributed by atoms with Gasteiger partial charge in [0.1, 0.15) is 5.82 Å². The Labute approximate surface area is 124 Å². The zero-order chi connectivity index (χ0) is 14.4. The standard InChI is InChI=1S/C14H23N5S/c1-4-8-19-9-7-16-13(19)10-12(15-6-3)14-11(5-2)17-18-20-14/h7,9,12,15H,4-6,8,10H2,1-3H3. The number of imidazole rings is 1. The van der Waals surface area contributed by atoms with E-state index in [-0.39, 0.29) is 6.04 Å². The van der Waals surface area contributed by atoms with Crippen LogP contribution in [0.5, 0.6) is 0 Å². The maximum atomic E-state index is 4.51. The Morgan fingerprint density at radius 2 is 2.20 bits per heavy atom. The van der Waals surface area contributed by atoms with E-state index in [9.17, 15) is 0 Å². The summed E-state index contributed by atoms with van der Waals surface area (Å²) >= 11 is 1.50. The summed E-state index contributed by atoms with van der Waals surface area (Å²) < 4.78 is 6.35. The van der Waals surface area contributed by atoms with Gasteiger partial charge in [-0.2, -0.15) is 0 Å². The summed E-state index contributed by atoms with van der Waals surface area (Å²) in [7, 11) is 0. The maximum Gasteiger partial charge on any atom is 0.110 e. The number of nitrogens with zero attached hydrogens (tertiary/aromatic N) is 4. The number of rotatable bonds is 8. The second kappa shape index (κ2) is 7.50. The fourth-order valence-corrected chi connectivity index (χ4v) is 3.20. The van der Waals surface area contributed by atoms with Gasteiger partial charge in [0.25, 0.3) is 0 Å². The maximum absolute atomic E-state index is 4.51. The lowest BCUT2D eigenvalue weighted by atomic mass is 10.1. The third kappa shape index (κ3) is 3.43. The van der Waals surface area contributed by atoms with Crippen molar-refractivity contribution in [2.45, 2.75) is 52.6 Å². The Morgan fingerprint density at radius 1 is 1.35 bits per heavy atom. The van der Waals surface area contributed by atoms with Gasteiger partial charge in [0.15, 0.2) is 0 Å². The van der Waals surface area contributed by atoms with E-state index in [0.29, 0.717) is 0 Å². The minimum atomic E-state index is 0.257.